The Bertz CT molecular complexity index is 1120. The Hall–Kier alpha value is -3.22. The summed E-state index contributed by atoms with van der Waals surface area (Å²) in [6.07, 6.45) is 7.06. The van der Waals surface area contributed by atoms with Crippen molar-refractivity contribution in [2.24, 2.45) is 29.6 Å². The third-order valence-corrected chi connectivity index (χ3v) is 7.89. The van der Waals surface area contributed by atoms with E-state index >= 15 is 0 Å². The van der Waals surface area contributed by atoms with Gasteiger partial charge in [-0.05, 0) is 62.7 Å². The molecule has 5 rings (SSSR count). The normalized spacial score (nSPS) is 30.0. The predicted octanol–water partition coefficient (Wildman–Crippen LogP) is 5.19. The van der Waals surface area contributed by atoms with Gasteiger partial charge in [0.25, 0.3) is 0 Å². The molecule has 2 aliphatic heterocycles. The molecule has 1 amide bonds. The highest BCUT2D eigenvalue weighted by Crippen LogP contribution is 2.51. The van der Waals surface area contributed by atoms with E-state index in [0.29, 0.717) is 31.2 Å². The molecule has 0 radical (unpaired) electrons. The zero-order valence-corrected chi connectivity index (χ0v) is 20.1. The van der Waals surface area contributed by atoms with Crippen LogP contribution in [0.1, 0.15) is 32.4 Å². The van der Waals surface area contributed by atoms with Crippen LogP contribution in [0.15, 0.2) is 48.7 Å². The van der Waals surface area contributed by atoms with Crippen molar-refractivity contribution in [1.29, 1.82) is 0 Å². The molecule has 6 atom stereocenters. The van der Waals surface area contributed by atoms with Gasteiger partial charge in [-0.1, -0.05) is 30.3 Å². The summed E-state index contributed by atoms with van der Waals surface area (Å²) < 4.78 is 25.0. The molecule has 3 heterocycles. The quantitative estimate of drug-likeness (QED) is 0.566. The fourth-order valence-electron chi connectivity index (χ4n) is 6.31. The summed E-state index contributed by atoms with van der Waals surface area (Å²) >= 11 is 0. The van der Waals surface area contributed by atoms with Crippen molar-refractivity contribution in [1.82, 2.24) is 9.88 Å². The average molecular weight is 479 g/mol. The van der Waals surface area contributed by atoms with E-state index in [1.54, 1.807) is 23.2 Å². The summed E-state index contributed by atoms with van der Waals surface area (Å²) in [6.45, 7) is 5.41. The van der Waals surface area contributed by atoms with Crippen LogP contribution < -0.4 is 0 Å². The highest BCUT2D eigenvalue weighted by molar-refractivity contribution is 5.76. The molecule has 1 aliphatic carbocycles. The first-order chi connectivity index (χ1) is 17.0. The van der Waals surface area contributed by atoms with Crippen molar-refractivity contribution in [3.63, 3.8) is 0 Å². The number of allylic oxidation sites excluding steroid dienone is 1. The third kappa shape index (κ3) is 4.56. The summed E-state index contributed by atoms with van der Waals surface area (Å²) in [5.74, 6) is 0.292. The summed E-state index contributed by atoms with van der Waals surface area (Å²) in [5.41, 5.74) is 2.04. The van der Waals surface area contributed by atoms with Gasteiger partial charge in [-0.15, -0.1) is 0 Å². The summed E-state index contributed by atoms with van der Waals surface area (Å²) in [4.78, 5) is 31.3. The van der Waals surface area contributed by atoms with Gasteiger partial charge < -0.3 is 14.4 Å². The highest BCUT2D eigenvalue weighted by Gasteiger charge is 2.54. The van der Waals surface area contributed by atoms with Crippen LogP contribution in [0.2, 0.25) is 0 Å². The second-order valence-corrected chi connectivity index (χ2v) is 9.81. The van der Waals surface area contributed by atoms with Crippen molar-refractivity contribution in [3.8, 4) is 11.1 Å². The number of rotatable bonds is 4. The zero-order chi connectivity index (χ0) is 24.5. The molecule has 2 saturated heterocycles. The van der Waals surface area contributed by atoms with Gasteiger partial charge in [-0.2, -0.15) is 0 Å². The molecule has 0 N–H and O–H groups in total. The molecule has 1 aromatic heterocycles. The van der Waals surface area contributed by atoms with Gasteiger partial charge >= 0.3 is 12.1 Å². The minimum absolute atomic E-state index is 0.117. The molecule has 7 heteroatoms. The predicted molar refractivity (Wildman–Crippen MR) is 129 cm³/mol. The smallest absolute Gasteiger partial charge is 0.409 e. The summed E-state index contributed by atoms with van der Waals surface area (Å²) in [5, 5.41) is 0. The number of nitrogens with zero attached hydrogens (tertiary/aromatic N) is 2. The molecular formula is C28H31FN2O4. The second kappa shape index (κ2) is 9.80. The average Bonchev–Trinajstić information content (AvgIpc) is 3.15. The van der Waals surface area contributed by atoms with E-state index in [4.69, 9.17) is 9.47 Å². The molecule has 0 unspecified atom stereocenters. The number of likely N-dealkylation sites (tertiary alicyclic amines) is 1. The molecule has 1 aromatic carbocycles. The lowest BCUT2D eigenvalue weighted by Crippen LogP contribution is -2.51. The number of aromatic nitrogens is 1. The maximum absolute atomic E-state index is 14.1. The SMILES string of the molecule is CCOC(=O)N1CC[C@@H]2[C@H](C[C@H]3C(=O)O[C@H](C)[C@H]3[C@H]2/C=C/c2ccc(-c3ccccc3F)cn2)C1. The molecule has 2 aromatic rings. The van der Waals surface area contributed by atoms with Crippen LogP contribution >= 0.6 is 0 Å². The van der Waals surface area contributed by atoms with Gasteiger partial charge in [0.05, 0.1) is 18.2 Å². The Morgan fingerprint density at radius 3 is 2.86 bits per heavy atom. The van der Waals surface area contributed by atoms with E-state index in [1.165, 1.54) is 6.07 Å². The molecule has 35 heavy (non-hydrogen) atoms. The maximum Gasteiger partial charge on any atom is 0.409 e. The first-order valence-electron chi connectivity index (χ1n) is 12.5. The molecule has 1 saturated carbocycles. The van der Waals surface area contributed by atoms with Crippen LogP contribution in [-0.4, -0.2) is 47.7 Å². The topological polar surface area (TPSA) is 68.7 Å². The number of piperidine rings is 1. The largest absolute Gasteiger partial charge is 0.462 e. The molecule has 6 nitrogen and oxygen atoms in total. The number of benzene rings is 1. The number of fused-ring (bicyclic) bond motifs is 2. The van der Waals surface area contributed by atoms with E-state index in [0.717, 1.165) is 24.1 Å². The number of cyclic esters (lactones) is 1. The number of esters is 1. The van der Waals surface area contributed by atoms with E-state index in [2.05, 4.69) is 11.1 Å². The Balaban J connectivity index is 1.37. The number of amides is 1. The van der Waals surface area contributed by atoms with Crippen LogP contribution in [0.3, 0.4) is 0 Å². The monoisotopic (exact) mass is 478 g/mol. The molecule has 184 valence electrons. The standard InChI is InChI=1S/C28H31FN2O4/c1-3-34-28(33)31-13-12-21-19(16-31)14-24-26(17(2)35-27(24)32)23(21)11-10-20-9-8-18(15-30-20)22-6-4-5-7-25(22)29/h4-11,15,17,19,21,23-24,26H,3,12-14,16H2,1-2H3/b11-10+/t17-,19-,21-,23+,24-,26+/m1/s1. The Morgan fingerprint density at radius 2 is 2.11 bits per heavy atom. The molecule has 3 fully saturated rings. The maximum atomic E-state index is 14.1. The van der Waals surface area contributed by atoms with Gasteiger partial charge in [0, 0.05) is 36.3 Å². The van der Waals surface area contributed by atoms with Gasteiger partial charge in [0.2, 0.25) is 0 Å². The number of hydrogen-bond acceptors (Lipinski definition) is 5. The van der Waals surface area contributed by atoms with Crippen molar-refractivity contribution in [2.45, 2.75) is 32.8 Å². The second-order valence-electron chi connectivity index (χ2n) is 9.81. The first kappa shape index (κ1) is 23.5. The number of ether oxygens (including phenoxy) is 2. The van der Waals surface area contributed by atoms with Gasteiger partial charge in [0.1, 0.15) is 11.9 Å². The number of halogens is 1. The number of carbonyl (C=O) groups excluding carboxylic acids is 2. The van der Waals surface area contributed by atoms with Crippen LogP contribution in [0.25, 0.3) is 17.2 Å². The lowest BCUT2D eigenvalue weighted by Gasteiger charge is -2.48. The lowest BCUT2D eigenvalue weighted by atomic mass is 9.59. The first-order valence-corrected chi connectivity index (χ1v) is 12.5. The number of carbonyl (C=O) groups is 2. The van der Waals surface area contributed by atoms with Crippen LogP contribution in [0.4, 0.5) is 9.18 Å². The Kier molecular flexibility index (Phi) is 6.58. The molecule has 0 bridgehead atoms. The third-order valence-electron chi connectivity index (χ3n) is 7.89. The minimum atomic E-state index is -0.276. The van der Waals surface area contributed by atoms with Crippen LogP contribution in [0, 0.1) is 35.4 Å². The summed E-state index contributed by atoms with van der Waals surface area (Å²) in [7, 11) is 0. The van der Waals surface area contributed by atoms with E-state index in [-0.39, 0.29) is 47.7 Å². The van der Waals surface area contributed by atoms with Crippen molar-refractivity contribution >= 4 is 18.1 Å². The van der Waals surface area contributed by atoms with Crippen molar-refractivity contribution in [3.05, 3.63) is 60.2 Å². The zero-order valence-electron chi connectivity index (χ0n) is 20.1. The van der Waals surface area contributed by atoms with E-state index in [9.17, 15) is 14.0 Å². The van der Waals surface area contributed by atoms with Crippen molar-refractivity contribution < 1.29 is 23.5 Å². The van der Waals surface area contributed by atoms with E-state index in [1.807, 2.05) is 38.1 Å². The molecular weight excluding hydrogens is 447 g/mol. The fourth-order valence-corrected chi connectivity index (χ4v) is 6.31. The van der Waals surface area contributed by atoms with E-state index < -0.39 is 0 Å². The summed E-state index contributed by atoms with van der Waals surface area (Å²) in [6, 6.07) is 10.4. The Labute approximate surface area is 205 Å². The minimum Gasteiger partial charge on any atom is -0.462 e. The number of hydrogen-bond donors (Lipinski definition) is 0. The van der Waals surface area contributed by atoms with Gasteiger partial charge in [-0.3, -0.25) is 9.78 Å². The molecule has 0 spiro atoms. The molecule has 3 aliphatic rings. The lowest BCUT2D eigenvalue weighted by molar-refractivity contribution is -0.144. The number of pyridine rings is 1. The van der Waals surface area contributed by atoms with Gasteiger partial charge in [0.15, 0.2) is 0 Å². The van der Waals surface area contributed by atoms with Crippen LogP contribution in [-0.2, 0) is 14.3 Å². The fraction of sp³-hybridized carbons (Fsp3) is 0.464. The van der Waals surface area contributed by atoms with Gasteiger partial charge in [-0.25, -0.2) is 9.18 Å². The Morgan fingerprint density at radius 1 is 1.29 bits per heavy atom. The van der Waals surface area contributed by atoms with Crippen molar-refractivity contribution in [2.75, 3.05) is 19.7 Å². The highest BCUT2D eigenvalue weighted by atomic mass is 19.1. The van der Waals surface area contributed by atoms with Crippen LogP contribution in [0.5, 0.6) is 0 Å².